The van der Waals surface area contributed by atoms with Crippen molar-refractivity contribution in [3.8, 4) is 0 Å². The maximum Gasteiger partial charge on any atom is -0.0234 e. The minimum absolute atomic E-state index is 0.742. The summed E-state index contributed by atoms with van der Waals surface area (Å²) in [5.41, 5.74) is 1.42. The van der Waals surface area contributed by atoms with E-state index in [1.54, 1.807) is 0 Å². The van der Waals surface area contributed by atoms with Gasteiger partial charge in [-0.2, -0.15) is 0 Å². The van der Waals surface area contributed by atoms with E-state index in [-0.39, 0.29) is 0 Å². The van der Waals surface area contributed by atoms with Crippen LogP contribution in [0.15, 0.2) is 12.2 Å². The molecule has 0 heterocycles. The van der Waals surface area contributed by atoms with E-state index in [2.05, 4.69) is 27.4 Å². The summed E-state index contributed by atoms with van der Waals surface area (Å²) in [5.74, 6) is 0.742. The fraction of sp³-hybridized carbons (Fsp3) is 0.833. The number of rotatable bonds is 7. The fourth-order valence-electron chi connectivity index (χ4n) is 1.43. The lowest BCUT2D eigenvalue weighted by Gasteiger charge is -2.12. The first-order valence-corrected chi connectivity index (χ1v) is 5.40. The first-order valence-electron chi connectivity index (χ1n) is 5.40. The van der Waals surface area contributed by atoms with Crippen LogP contribution in [0.5, 0.6) is 0 Å². The van der Waals surface area contributed by atoms with E-state index in [0.717, 1.165) is 12.3 Å². The highest BCUT2D eigenvalue weighted by Gasteiger charge is 2.03. The van der Waals surface area contributed by atoms with Gasteiger partial charge in [-0.15, -0.1) is 0 Å². The zero-order chi connectivity index (χ0) is 9.40. The molecule has 0 aromatic heterocycles. The summed E-state index contributed by atoms with van der Waals surface area (Å²) < 4.78 is 0. The second-order valence-corrected chi connectivity index (χ2v) is 3.76. The van der Waals surface area contributed by atoms with E-state index in [1.165, 1.54) is 37.7 Å². The number of allylic oxidation sites excluding steroid dienone is 1. The average molecular weight is 168 g/mol. The Morgan fingerprint density at radius 3 is 2.33 bits per heavy atom. The summed E-state index contributed by atoms with van der Waals surface area (Å²) in [5, 5.41) is 0. The maximum atomic E-state index is 4.07. The predicted octanol–water partition coefficient (Wildman–Crippen LogP) is 4.56. The minimum Gasteiger partial charge on any atom is -0.0996 e. The molecule has 0 radical (unpaired) electrons. The lowest BCUT2D eigenvalue weighted by atomic mass is 9.94. The standard InChI is InChI=1S/C12H24/c1-5-7-8-9-10-12(4)11(3)6-2/h12H,3,5-10H2,1-2,4H3. The van der Waals surface area contributed by atoms with E-state index < -0.39 is 0 Å². The van der Waals surface area contributed by atoms with Gasteiger partial charge < -0.3 is 0 Å². The molecule has 0 saturated heterocycles. The zero-order valence-electron chi connectivity index (χ0n) is 9.03. The highest BCUT2D eigenvalue weighted by atomic mass is 14.1. The van der Waals surface area contributed by atoms with E-state index in [4.69, 9.17) is 0 Å². The SMILES string of the molecule is C=C(CC)C(C)CCCCCC. The molecule has 0 aromatic rings. The van der Waals surface area contributed by atoms with Crippen molar-refractivity contribution in [2.45, 2.75) is 59.3 Å². The largest absolute Gasteiger partial charge is 0.0996 e. The highest BCUT2D eigenvalue weighted by Crippen LogP contribution is 2.18. The molecule has 0 fully saturated rings. The topological polar surface area (TPSA) is 0 Å². The van der Waals surface area contributed by atoms with E-state index in [9.17, 15) is 0 Å². The van der Waals surface area contributed by atoms with Gasteiger partial charge in [0.1, 0.15) is 0 Å². The fourth-order valence-corrected chi connectivity index (χ4v) is 1.43. The second kappa shape index (κ2) is 7.39. The number of hydrogen-bond acceptors (Lipinski definition) is 0. The Kier molecular flexibility index (Phi) is 7.23. The number of unbranched alkanes of at least 4 members (excludes halogenated alkanes) is 3. The molecular formula is C12H24. The van der Waals surface area contributed by atoms with Crippen molar-refractivity contribution in [3.63, 3.8) is 0 Å². The molecule has 1 atom stereocenters. The lowest BCUT2D eigenvalue weighted by Crippen LogP contribution is -1.97. The minimum atomic E-state index is 0.742. The van der Waals surface area contributed by atoms with Gasteiger partial charge in [0.2, 0.25) is 0 Å². The van der Waals surface area contributed by atoms with Gasteiger partial charge in [0.05, 0.1) is 0 Å². The van der Waals surface area contributed by atoms with E-state index in [0.29, 0.717) is 0 Å². The van der Waals surface area contributed by atoms with Gasteiger partial charge in [0, 0.05) is 0 Å². The molecule has 0 aliphatic heterocycles. The predicted molar refractivity (Wildman–Crippen MR) is 57.4 cm³/mol. The van der Waals surface area contributed by atoms with Crippen LogP contribution >= 0.6 is 0 Å². The monoisotopic (exact) mass is 168 g/mol. The van der Waals surface area contributed by atoms with Crippen molar-refractivity contribution in [1.82, 2.24) is 0 Å². The van der Waals surface area contributed by atoms with Gasteiger partial charge in [-0.3, -0.25) is 0 Å². The lowest BCUT2D eigenvalue weighted by molar-refractivity contribution is 0.534. The third-order valence-electron chi connectivity index (χ3n) is 2.64. The van der Waals surface area contributed by atoms with Gasteiger partial charge >= 0.3 is 0 Å². The van der Waals surface area contributed by atoms with Crippen LogP contribution in [0, 0.1) is 5.92 Å². The van der Waals surface area contributed by atoms with Crippen LogP contribution in [-0.2, 0) is 0 Å². The Hall–Kier alpha value is -0.260. The molecule has 0 aliphatic rings. The van der Waals surface area contributed by atoms with Crippen molar-refractivity contribution < 1.29 is 0 Å². The molecule has 12 heavy (non-hydrogen) atoms. The third-order valence-corrected chi connectivity index (χ3v) is 2.64. The van der Waals surface area contributed by atoms with Crippen LogP contribution in [0.2, 0.25) is 0 Å². The summed E-state index contributed by atoms with van der Waals surface area (Å²) in [7, 11) is 0. The van der Waals surface area contributed by atoms with Gasteiger partial charge in [-0.25, -0.2) is 0 Å². The normalized spacial score (nSPS) is 12.9. The molecule has 0 nitrogen and oxygen atoms in total. The molecule has 0 spiro atoms. The molecule has 0 aromatic carbocycles. The molecule has 0 N–H and O–H groups in total. The Balaban J connectivity index is 3.31. The van der Waals surface area contributed by atoms with Crippen molar-refractivity contribution in [2.24, 2.45) is 5.92 Å². The molecule has 0 heteroatoms. The van der Waals surface area contributed by atoms with Crippen molar-refractivity contribution in [2.75, 3.05) is 0 Å². The van der Waals surface area contributed by atoms with Crippen molar-refractivity contribution >= 4 is 0 Å². The van der Waals surface area contributed by atoms with Crippen LogP contribution in [0.3, 0.4) is 0 Å². The molecule has 0 rings (SSSR count). The van der Waals surface area contributed by atoms with Crippen molar-refractivity contribution in [3.05, 3.63) is 12.2 Å². The molecule has 0 bridgehead atoms. The number of hydrogen-bond donors (Lipinski definition) is 0. The Morgan fingerprint density at radius 1 is 1.17 bits per heavy atom. The van der Waals surface area contributed by atoms with Gasteiger partial charge in [0.25, 0.3) is 0 Å². The zero-order valence-corrected chi connectivity index (χ0v) is 9.03. The Bertz CT molecular complexity index is 113. The van der Waals surface area contributed by atoms with Crippen LogP contribution in [-0.4, -0.2) is 0 Å². The van der Waals surface area contributed by atoms with Crippen LogP contribution in [0.1, 0.15) is 59.3 Å². The molecule has 0 saturated carbocycles. The summed E-state index contributed by atoms with van der Waals surface area (Å²) in [6, 6.07) is 0. The second-order valence-electron chi connectivity index (χ2n) is 3.76. The molecule has 72 valence electrons. The molecule has 0 amide bonds. The van der Waals surface area contributed by atoms with E-state index in [1.807, 2.05) is 0 Å². The van der Waals surface area contributed by atoms with Gasteiger partial charge in [0.15, 0.2) is 0 Å². The van der Waals surface area contributed by atoms with Gasteiger partial charge in [-0.05, 0) is 18.8 Å². The molecular weight excluding hydrogens is 144 g/mol. The van der Waals surface area contributed by atoms with Crippen LogP contribution in [0.4, 0.5) is 0 Å². The average Bonchev–Trinajstić information content (AvgIpc) is 2.10. The molecule has 1 unspecified atom stereocenters. The van der Waals surface area contributed by atoms with Crippen LogP contribution < -0.4 is 0 Å². The smallest absolute Gasteiger partial charge is 0.0234 e. The first-order chi connectivity index (χ1) is 5.72. The van der Waals surface area contributed by atoms with Crippen molar-refractivity contribution in [1.29, 1.82) is 0 Å². The summed E-state index contributed by atoms with van der Waals surface area (Å²) in [6.07, 6.45) is 8.00. The third kappa shape index (κ3) is 5.40. The highest BCUT2D eigenvalue weighted by molar-refractivity contribution is 4.97. The maximum absolute atomic E-state index is 4.07. The quantitative estimate of drug-likeness (QED) is 0.386. The van der Waals surface area contributed by atoms with Gasteiger partial charge in [-0.1, -0.05) is 58.6 Å². The molecule has 0 aliphatic carbocycles. The Morgan fingerprint density at radius 2 is 1.83 bits per heavy atom. The summed E-state index contributed by atoms with van der Waals surface area (Å²) in [4.78, 5) is 0. The van der Waals surface area contributed by atoms with E-state index >= 15 is 0 Å². The Labute approximate surface area is 78.1 Å². The van der Waals surface area contributed by atoms with Crippen LogP contribution in [0.25, 0.3) is 0 Å². The first kappa shape index (κ1) is 11.7. The summed E-state index contributed by atoms with van der Waals surface area (Å²) in [6.45, 7) is 10.8. The summed E-state index contributed by atoms with van der Waals surface area (Å²) >= 11 is 0.